The maximum atomic E-state index is 12.7. The number of ketones is 2. The molecule has 4 heterocycles. The molecule has 292 valence electrons. The summed E-state index contributed by atoms with van der Waals surface area (Å²) in [5.74, 6) is -0.0873. The van der Waals surface area contributed by atoms with Crippen LogP contribution in [0.5, 0.6) is 11.5 Å². The molecule has 0 bridgehead atoms. The predicted molar refractivity (Wildman–Crippen MR) is 214 cm³/mol. The molecule has 0 spiro atoms. The number of nitrogens with one attached hydrogen (secondary N) is 4. The zero-order valence-corrected chi connectivity index (χ0v) is 32.1. The lowest BCUT2D eigenvalue weighted by Gasteiger charge is -2.14. The number of benzene rings is 2. The standard InChI is InChI=1S/C23H27N3O5.C19H19N3O3/c1-23(2,3)20(28)19-13-16-11-17(14-24-21(16)26-19)25-22(29)15-5-4-6-18(12-15)31-10-9-30-8-7-27;1-19(2,3)16(24)15-9-12-7-13(10-20-17(12)22-15)21-18(25)11-5-4-6-14(23)8-11/h4-6,11-14,27H,7-10H2,1-3H3,(H,24,26)(H,25,29);4-10,23H,1-3H3,(H,20,22)(H,21,25). The summed E-state index contributed by atoms with van der Waals surface area (Å²) >= 11 is 0. The molecular weight excluding hydrogens is 716 g/mol. The van der Waals surface area contributed by atoms with Crippen LogP contribution in [0.15, 0.2) is 85.2 Å². The number of aromatic nitrogens is 4. The Kier molecular flexibility index (Phi) is 12.7. The number of anilines is 2. The van der Waals surface area contributed by atoms with Gasteiger partial charge in [-0.25, -0.2) is 9.97 Å². The van der Waals surface area contributed by atoms with E-state index in [9.17, 15) is 24.3 Å². The highest BCUT2D eigenvalue weighted by atomic mass is 16.5. The highest BCUT2D eigenvalue weighted by Crippen LogP contribution is 2.26. The molecule has 2 aromatic carbocycles. The average molecular weight is 763 g/mol. The van der Waals surface area contributed by atoms with Gasteiger partial charge in [0.1, 0.15) is 29.4 Å². The Balaban J connectivity index is 0.000000219. The fraction of sp³-hybridized carbons (Fsp3) is 0.286. The van der Waals surface area contributed by atoms with Crippen LogP contribution in [0, 0.1) is 10.8 Å². The SMILES string of the molecule is CC(C)(C)C(=O)c1cc2cc(NC(=O)c3cccc(O)c3)cnc2[nH]1.CC(C)(C)C(=O)c1cc2cc(NC(=O)c3cccc(OCCOCCO)c3)cnc2[nH]1. The molecule has 14 nitrogen and oxygen atoms in total. The van der Waals surface area contributed by atoms with Gasteiger partial charge in [-0.3, -0.25) is 19.2 Å². The van der Waals surface area contributed by atoms with Crippen molar-refractivity contribution in [3.63, 3.8) is 0 Å². The largest absolute Gasteiger partial charge is 0.508 e. The molecule has 0 aliphatic carbocycles. The lowest BCUT2D eigenvalue weighted by molar-refractivity contribution is 0.0705. The number of aliphatic hydroxyl groups excluding tert-OH is 1. The number of ether oxygens (including phenoxy) is 2. The number of aromatic amines is 2. The number of rotatable bonds is 12. The van der Waals surface area contributed by atoms with E-state index in [2.05, 4.69) is 30.6 Å². The maximum Gasteiger partial charge on any atom is 0.255 e. The smallest absolute Gasteiger partial charge is 0.255 e. The van der Waals surface area contributed by atoms with Crippen molar-refractivity contribution in [2.24, 2.45) is 10.8 Å². The number of aromatic hydroxyl groups is 1. The number of hydrogen-bond donors (Lipinski definition) is 6. The summed E-state index contributed by atoms with van der Waals surface area (Å²) in [6, 6.07) is 19.9. The average Bonchev–Trinajstić information content (AvgIpc) is 3.78. The number of phenols is 1. The summed E-state index contributed by atoms with van der Waals surface area (Å²) in [6.07, 6.45) is 3.06. The molecule has 0 aliphatic heterocycles. The third-order valence-electron chi connectivity index (χ3n) is 8.24. The van der Waals surface area contributed by atoms with Gasteiger partial charge in [-0.1, -0.05) is 53.7 Å². The normalized spacial score (nSPS) is 11.5. The minimum Gasteiger partial charge on any atom is -0.508 e. The molecule has 4 aromatic heterocycles. The van der Waals surface area contributed by atoms with Crippen molar-refractivity contribution < 1.29 is 38.9 Å². The lowest BCUT2D eigenvalue weighted by atomic mass is 9.89. The molecule has 0 aliphatic rings. The van der Waals surface area contributed by atoms with Gasteiger partial charge < -0.3 is 40.3 Å². The van der Waals surface area contributed by atoms with Crippen LogP contribution in [0.2, 0.25) is 0 Å². The minimum absolute atomic E-state index is 0.00385. The first-order valence-corrected chi connectivity index (χ1v) is 17.9. The van der Waals surface area contributed by atoms with Crippen molar-refractivity contribution in [3.8, 4) is 11.5 Å². The van der Waals surface area contributed by atoms with E-state index in [-0.39, 0.29) is 42.3 Å². The topological polar surface area (TPSA) is 209 Å². The van der Waals surface area contributed by atoms with Gasteiger partial charge in [0, 0.05) is 32.7 Å². The monoisotopic (exact) mass is 762 g/mol. The second-order valence-electron chi connectivity index (χ2n) is 15.0. The van der Waals surface area contributed by atoms with Crippen molar-refractivity contribution in [1.29, 1.82) is 0 Å². The zero-order chi connectivity index (χ0) is 40.6. The molecule has 0 radical (unpaired) electrons. The third-order valence-corrected chi connectivity index (χ3v) is 8.24. The van der Waals surface area contributed by atoms with Crippen molar-refractivity contribution in [2.45, 2.75) is 41.5 Å². The van der Waals surface area contributed by atoms with Crippen LogP contribution in [-0.2, 0) is 4.74 Å². The summed E-state index contributed by atoms with van der Waals surface area (Å²) < 4.78 is 10.7. The zero-order valence-electron chi connectivity index (χ0n) is 32.1. The summed E-state index contributed by atoms with van der Waals surface area (Å²) in [5.41, 5.74) is 2.97. The number of H-pyrrole nitrogens is 2. The van der Waals surface area contributed by atoms with Crippen LogP contribution < -0.4 is 15.4 Å². The number of carbonyl (C=O) groups excluding carboxylic acids is 4. The van der Waals surface area contributed by atoms with Gasteiger partial charge in [-0.05, 0) is 60.7 Å². The molecule has 14 heteroatoms. The molecule has 0 saturated carbocycles. The Labute approximate surface area is 323 Å². The number of phenolic OH excluding ortho intramolecular Hbond substituents is 1. The number of fused-ring (bicyclic) bond motifs is 2. The Bertz CT molecular complexity index is 2370. The van der Waals surface area contributed by atoms with E-state index in [1.807, 2.05) is 41.5 Å². The van der Waals surface area contributed by atoms with Gasteiger partial charge in [0.2, 0.25) is 0 Å². The number of nitrogens with zero attached hydrogens (tertiary/aromatic N) is 2. The number of amides is 2. The fourth-order valence-electron chi connectivity index (χ4n) is 5.39. The second kappa shape index (κ2) is 17.4. The first-order valence-electron chi connectivity index (χ1n) is 17.9. The van der Waals surface area contributed by atoms with E-state index in [0.717, 1.165) is 10.8 Å². The quantitative estimate of drug-likeness (QED) is 0.0546. The Morgan fingerprint density at radius 1 is 0.661 bits per heavy atom. The number of aliphatic hydroxyl groups is 1. The van der Waals surface area contributed by atoms with Crippen molar-refractivity contribution in [1.82, 2.24) is 19.9 Å². The van der Waals surface area contributed by atoms with Gasteiger partial charge >= 0.3 is 0 Å². The third kappa shape index (κ3) is 10.6. The Hall–Kier alpha value is -6.38. The van der Waals surface area contributed by atoms with Crippen LogP contribution >= 0.6 is 0 Å². The summed E-state index contributed by atoms with van der Waals surface area (Å²) in [6.45, 7) is 12.0. The maximum absolute atomic E-state index is 12.7. The molecule has 2 amide bonds. The molecule has 6 rings (SSSR count). The molecule has 0 unspecified atom stereocenters. The van der Waals surface area contributed by atoms with E-state index < -0.39 is 10.8 Å². The Morgan fingerprint density at radius 2 is 1.16 bits per heavy atom. The van der Waals surface area contributed by atoms with Crippen molar-refractivity contribution in [2.75, 3.05) is 37.1 Å². The van der Waals surface area contributed by atoms with Crippen LogP contribution in [-0.4, -0.2) is 80.0 Å². The van der Waals surface area contributed by atoms with E-state index in [1.54, 1.807) is 66.9 Å². The molecule has 6 aromatic rings. The van der Waals surface area contributed by atoms with Crippen LogP contribution in [0.1, 0.15) is 83.2 Å². The first kappa shape index (κ1) is 40.8. The number of Topliss-reactive ketones (excluding diaryl/α,β-unsaturated/α-hetero) is 2. The summed E-state index contributed by atoms with van der Waals surface area (Å²) in [5, 5.41) is 25.2. The highest BCUT2D eigenvalue weighted by molar-refractivity contribution is 6.07. The molecule has 0 atom stereocenters. The molecule has 0 fully saturated rings. The number of pyridine rings is 2. The molecular formula is C42H46N6O8. The van der Waals surface area contributed by atoms with Gasteiger partial charge in [-0.15, -0.1) is 0 Å². The first-order chi connectivity index (χ1) is 26.5. The fourth-order valence-corrected chi connectivity index (χ4v) is 5.39. The predicted octanol–water partition coefficient (Wildman–Crippen LogP) is 7.18. The molecule has 6 N–H and O–H groups in total. The van der Waals surface area contributed by atoms with E-state index in [4.69, 9.17) is 14.6 Å². The van der Waals surface area contributed by atoms with Crippen LogP contribution in [0.4, 0.5) is 11.4 Å². The molecule has 0 saturated heterocycles. The van der Waals surface area contributed by atoms with Crippen molar-refractivity contribution in [3.05, 3.63) is 108 Å². The Morgan fingerprint density at radius 3 is 1.64 bits per heavy atom. The van der Waals surface area contributed by atoms with E-state index in [1.165, 1.54) is 18.3 Å². The van der Waals surface area contributed by atoms with Gasteiger partial charge in [-0.2, -0.15) is 0 Å². The summed E-state index contributed by atoms with van der Waals surface area (Å²) in [7, 11) is 0. The second-order valence-corrected chi connectivity index (χ2v) is 15.0. The highest BCUT2D eigenvalue weighted by Gasteiger charge is 2.26. The lowest BCUT2D eigenvalue weighted by Crippen LogP contribution is -2.20. The van der Waals surface area contributed by atoms with Crippen LogP contribution in [0.3, 0.4) is 0 Å². The number of carbonyl (C=O) groups is 4. The molecule has 56 heavy (non-hydrogen) atoms. The number of hydrogen-bond acceptors (Lipinski definition) is 10. The van der Waals surface area contributed by atoms with Gasteiger partial charge in [0.15, 0.2) is 11.6 Å². The summed E-state index contributed by atoms with van der Waals surface area (Å²) in [4.78, 5) is 64.4. The van der Waals surface area contributed by atoms with E-state index in [0.29, 0.717) is 64.1 Å². The minimum atomic E-state index is -0.504. The van der Waals surface area contributed by atoms with Gasteiger partial charge in [0.25, 0.3) is 11.8 Å². The van der Waals surface area contributed by atoms with E-state index >= 15 is 0 Å². The van der Waals surface area contributed by atoms with Crippen LogP contribution in [0.25, 0.3) is 22.1 Å². The van der Waals surface area contributed by atoms with Gasteiger partial charge in [0.05, 0.1) is 55.0 Å². The van der Waals surface area contributed by atoms with Crippen molar-refractivity contribution >= 4 is 56.8 Å².